The number of Topliss-reactive ketones (excluding diaryl/α,β-unsaturated/α-hetero) is 1. The van der Waals surface area contributed by atoms with Crippen molar-refractivity contribution in [1.29, 1.82) is 0 Å². The van der Waals surface area contributed by atoms with E-state index in [0.717, 1.165) is 6.42 Å². The number of hydrogen-bond acceptors (Lipinski definition) is 7. The smallest absolute Gasteiger partial charge is 0.228 e. The summed E-state index contributed by atoms with van der Waals surface area (Å²) < 4.78 is 12.8. The highest BCUT2D eigenvalue weighted by atomic mass is 16.6. The van der Waals surface area contributed by atoms with Crippen molar-refractivity contribution in [3.63, 3.8) is 0 Å². The van der Waals surface area contributed by atoms with E-state index in [2.05, 4.69) is 36.1 Å². The lowest BCUT2D eigenvalue weighted by Gasteiger charge is -2.27. The van der Waals surface area contributed by atoms with E-state index in [1.807, 2.05) is 13.8 Å². The van der Waals surface area contributed by atoms with E-state index >= 15 is 0 Å². The number of carbonyl (C=O) groups excluding carboxylic acids is 2. The first-order valence-electron chi connectivity index (χ1n) is 11.4. The van der Waals surface area contributed by atoms with Crippen LogP contribution in [0.3, 0.4) is 0 Å². The van der Waals surface area contributed by atoms with Gasteiger partial charge >= 0.3 is 0 Å². The van der Waals surface area contributed by atoms with Gasteiger partial charge in [0.1, 0.15) is 30.1 Å². The molecule has 9 nitrogen and oxygen atoms in total. The van der Waals surface area contributed by atoms with Crippen LogP contribution in [-0.4, -0.2) is 57.3 Å². The van der Waals surface area contributed by atoms with Gasteiger partial charge in [-0.1, -0.05) is 34.6 Å². The number of methoxy groups -OCH3 is 1. The molecule has 182 valence electrons. The summed E-state index contributed by atoms with van der Waals surface area (Å²) >= 11 is 0. The Morgan fingerprint density at radius 1 is 1.33 bits per heavy atom. The molecule has 0 aromatic carbocycles. The topological polar surface area (TPSA) is 116 Å². The molecule has 3 rings (SSSR count). The van der Waals surface area contributed by atoms with Gasteiger partial charge in [0, 0.05) is 31.2 Å². The van der Waals surface area contributed by atoms with Crippen molar-refractivity contribution in [2.75, 3.05) is 19.0 Å². The molecule has 4 atom stereocenters. The minimum Gasteiger partial charge on any atom is -0.390 e. The Balaban J connectivity index is 1.99. The van der Waals surface area contributed by atoms with Crippen LogP contribution in [0.5, 0.6) is 0 Å². The number of fused-ring (bicyclic) bond motifs is 1. The summed E-state index contributed by atoms with van der Waals surface area (Å²) in [6, 6.07) is 0. The first-order chi connectivity index (χ1) is 15.4. The maximum absolute atomic E-state index is 13.2. The number of ether oxygens (including phenoxy) is 2. The van der Waals surface area contributed by atoms with Crippen LogP contribution in [0.25, 0.3) is 11.0 Å². The number of ketones is 1. The van der Waals surface area contributed by atoms with Crippen molar-refractivity contribution in [2.45, 2.75) is 72.8 Å². The molecule has 0 aliphatic carbocycles. The normalized spacial score (nSPS) is 22.2. The van der Waals surface area contributed by atoms with Crippen LogP contribution < -0.4 is 5.32 Å². The van der Waals surface area contributed by atoms with Crippen LogP contribution >= 0.6 is 0 Å². The first kappa shape index (κ1) is 25.3. The number of hydrogen-bond donors (Lipinski definition) is 2. The van der Waals surface area contributed by atoms with E-state index in [4.69, 9.17) is 9.47 Å². The van der Waals surface area contributed by atoms with E-state index in [1.165, 1.54) is 13.3 Å². The predicted molar refractivity (Wildman–Crippen MR) is 125 cm³/mol. The van der Waals surface area contributed by atoms with Gasteiger partial charge in [-0.3, -0.25) is 9.59 Å². The van der Waals surface area contributed by atoms with Crippen molar-refractivity contribution in [1.82, 2.24) is 14.5 Å². The van der Waals surface area contributed by atoms with Gasteiger partial charge in [0.2, 0.25) is 5.91 Å². The second-order valence-electron chi connectivity index (χ2n) is 10.4. The molecule has 33 heavy (non-hydrogen) atoms. The molecule has 2 unspecified atom stereocenters. The van der Waals surface area contributed by atoms with Crippen LogP contribution in [0.2, 0.25) is 0 Å². The highest BCUT2D eigenvalue weighted by Gasteiger charge is 2.36. The van der Waals surface area contributed by atoms with Gasteiger partial charge in [0.15, 0.2) is 5.78 Å². The third-order valence-corrected chi connectivity index (χ3v) is 6.05. The Labute approximate surface area is 194 Å². The average molecular weight is 461 g/mol. The summed E-state index contributed by atoms with van der Waals surface area (Å²) in [5.74, 6) is -0.0629. The molecule has 0 bridgehead atoms. The lowest BCUT2D eigenvalue weighted by Crippen LogP contribution is -2.31. The minimum absolute atomic E-state index is 0.0134. The molecule has 3 heterocycles. The maximum Gasteiger partial charge on any atom is 0.228 e. The van der Waals surface area contributed by atoms with Gasteiger partial charge in [-0.2, -0.15) is 0 Å². The third kappa shape index (κ3) is 5.59. The highest BCUT2D eigenvalue weighted by molar-refractivity contribution is 6.12. The SMILES string of the molecule is COC[C@H]1O[C@@H](n2cc(C(C)=O)c3c(NC(=O)C(CC(C)(C)C)C(C)C)ncnc32)CC1O. The summed E-state index contributed by atoms with van der Waals surface area (Å²) in [6.45, 7) is 12.1. The Kier molecular flexibility index (Phi) is 7.55. The number of aromatic nitrogens is 3. The van der Waals surface area contributed by atoms with E-state index in [9.17, 15) is 14.7 Å². The lowest BCUT2D eigenvalue weighted by molar-refractivity contribution is -0.122. The maximum atomic E-state index is 13.2. The van der Waals surface area contributed by atoms with E-state index in [0.29, 0.717) is 28.8 Å². The number of nitrogens with zero attached hydrogens (tertiary/aromatic N) is 3. The molecule has 1 saturated heterocycles. The Bertz CT molecular complexity index is 1010. The van der Waals surface area contributed by atoms with Crippen molar-refractivity contribution < 1.29 is 24.2 Å². The molecule has 9 heteroatoms. The van der Waals surface area contributed by atoms with Crippen molar-refractivity contribution >= 4 is 28.5 Å². The quantitative estimate of drug-likeness (QED) is 0.579. The van der Waals surface area contributed by atoms with Gasteiger partial charge < -0.3 is 24.5 Å². The summed E-state index contributed by atoms with van der Waals surface area (Å²) in [6.07, 6.45) is 2.41. The second-order valence-corrected chi connectivity index (χ2v) is 10.4. The molecule has 0 radical (unpaired) electrons. The zero-order chi connectivity index (χ0) is 24.5. The molecule has 1 fully saturated rings. The molecule has 0 spiro atoms. The highest BCUT2D eigenvalue weighted by Crippen LogP contribution is 2.36. The van der Waals surface area contributed by atoms with Gasteiger partial charge in [0.25, 0.3) is 0 Å². The Hall–Kier alpha value is -2.36. The molecule has 2 aromatic rings. The summed E-state index contributed by atoms with van der Waals surface area (Å²) in [7, 11) is 1.55. The second kappa shape index (κ2) is 9.87. The summed E-state index contributed by atoms with van der Waals surface area (Å²) in [5.41, 5.74) is 0.851. The van der Waals surface area contributed by atoms with Crippen molar-refractivity contribution in [3.8, 4) is 0 Å². The fourth-order valence-electron chi connectivity index (χ4n) is 4.37. The van der Waals surface area contributed by atoms with Gasteiger partial charge in [-0.05, 0) is 24.7 Å². The number of amides is 1. The molecular weight excluding hydrogens is 424 g/mol. The van der Waals surface area contributed by atoms with Crippen LogP contribution in [0.15, 0.2) is 12.5 Å². The van der Waals surface area contributed by atoms with Crippen LogP contribution in [0, 0.1) is 17.3 Å². The number of aliphatic hydroxyl groups excluding tert-OH is 1. The van der Waals surface area contributed by atoms with Gasteiger partial charge in [-0.25, -0.2) is 9.97 Å². The molecule has 1 aliphatic rings. The number of aliphatic hydroxyl groups is 1. The van der Waals surface area contributed by atoms with E-state index in [1.54, 1.807) is 17.9 Å². The van der Waals surface area contributed by atoms with Gasteiger partial charge in [-0.15, -0.1) is 0 Å². The first-order valence-corrected chi connectivity index (χ1v) is 11.4. The Morgan fingerprint density at radius 3 is 2.61 bits per heavy atom. The number of rotatable bonds is 8. The van der Waals surface area contributed by atoms with Crippen molar-refractivity contribution in [2.24, 2.45) is 17.3 Å². The number of anilines is 1. The van der Waals surface area contributed by atoms with E-state index in [-0.39, 0.29) is 35.5 Å². The standard InChI is InChI=1S/C24H36N4O5/c1-13(2)15(9-24(4,5)6)23(31)27-21-20-16(14(3)29)10-28(22(20)26-12-25-21)19-8-17(30)18(33-19)11-32-7/h10,12-13,15,17-19,30H,8-9,11H2,1-7H3,(H,25,26,27,31)/t15?,17?,18-,19-/m1/s1. The Morgan fingerprint density at radius 2 is 2.03 bits per heavy atom. The molecule has 1 amide bonds. The third-order valence-electron chi connectivity index (χ3n) is 6.05. The summed E-state index contributed by atoms with van der Waals surface area (Å²) in [5, 5.41) is 13.8. The lowest BCUT2D eigenvalue weighted by atomic mass is 9.79. The fourth-order valence-corrected chi connectivity index (χ4v) is 4.37. The average Bonchev–Trinajstić information content (AvgIpc) is 3.27. The number of carbonyl (C=O) groups is 2. The van der Waals surface area contributed by atoms with Crippen LogP contribution in [0.1, 0.15) is 71.0 Å². The van der Waals surface area contributed by atoms with Crippen LogP contribution in [0.4, 0.5) is 5.82 Å². The number of nitrogens with one attached hydrogen (secondary N) is 1. The fraction of sp³-hybridized carbons (Fsp3) is 0.667. The molecular formula is C24H36N4O5. The molecule has 1 aliphatic heterocycles. The minimum atomic E-state index is -0.696. The molecule has 2 aromatic heterocycles. The van der Waals surface area contributed by atoms with E-state index < -0.39 is 18.4 Å². The largest absolute Gasteiger partial charge is 0.390 e. The van der Waals surface area contributed by atoms with Crippen LogP contribution in [-0.2, 0) is 14.3 Å². The van der Waals surface area contributed by atoms with Crippen molar-refractivity contribution in [3.05, 3.63) is 18.1 Å². The molecule has 2 N–H and O–H groups in total. The summed E-state index contributed by atoms with van der Waals surface area (Å²) in [4.78, 5) is 34.4. The monoisotopic (exact) mass is 460 g/mol. The molecule has 0 saturated carbocycles. The zero-order valence-corrected chi connectivity index (χ0v) is 20.6. The van der Waals surface area contributed by atoms with Gasteiger partial charge in [0.05, 0.1) is 18.1 Å². The zero-order valence-electron chi connectivity index (χ0n) is 20.6. The predicted octanol–water partition coefficient (Wildman–Crippen LogP) is 3.58.